The first kappa shape index (κ1) is 19.4. The van der Waals surface area contributed by atoms with Gasteiger partial charge in [-0.2, -0.15) is 12.7 Å². The van der Waals surface area contributed by atoms with Gasteiger partial charge in [-0.15, -0.1) is 0 Å². The van der Waals surface area contributed by atoms with E-state index in [1.54, 1.807) is 18.2 Å². The number of amides is 2. The fourth-order valence-electron chi connectivity index (χ4n) is 2.15. The Morgan fingerprint density at radius 3 is 2.12 bits per heavy atom. The minimum Gasteiger partial charge on any atom is -0.366 e. The van der Waals surface area contributed by atoms with Crippen molar-refractivity contribution in [1.82, 2.24) is 4.31 Å². The molecule has 9 heteroatoms. The molecule has 3 N–H and O–H groups in total. The average molecular weight is 376 g/mol. The van der Waals surface area contributed by atoms with Crippen LogP contribution in [0.1, 0.15) is 20.7 Å². The molecule has 2 aromatic carbocycles. The van der Waals surface area contributed by atoms with Crippen LogP contribution < -0.4 is 15.4 Å². The monoisotopic (exact) mass is 376 g/mol. The summed E-state index contributed by atoms with van der Waals surface area (Å²) in [6, 6.07) is 12.4. The van der Waals surface area contributed by atoms with Crippen LogP contribution in [-0.4, -0.2) is 45.7 Å². The second-order valence-corrected chi connectivity index (χ2v) is 7.88. The van der Waals surface area contributed by atoms with Gasteiger partial charge in [0.05, 0.1) is 5.69 Å². The van der Waals surface area contributed by atoms with E-state index < -0.39 is 22.0 Å². The number of hydrogen-bond acceptors (Lipinski definition) is 4. The number of carbonyl (C=O) groups excluding carboxylic acids is 2. The maximum absolute atomic E-state index is 12.3. The lowest BCUT2D eigenvalue weighted by Gasteiger charge is -2.23. The van der Waals surface area contributed by atoms with Crippen molar-refractivity contribution in [2.45, 2.75) is 0 Å². The summed E-state index contributed by atoms with van der Waals surface area (Å²) in [7, 11) is 0.705. The summed E-state index contributed by atoms with van der Waals surface area (Å²) in [4.78, 5) is 23.5. The van der Waals surface area contributed by atoms with E-state index in [2.05, 4.69) is 5.32 Å². The van der Waals surface area contributed by atoms with Crippen LogP contribution in [0, 0.1) is 0 Å². The second kappa shape index (κ2) is 7.54. The molecule has 0 atom stereocenters. The predicted molar refractivity (Wildman–Crippen MR) is 100 cm³/mol. The number of nitrogens with one attached hydrogen (secondary N) is 1. The molecule has 0 fully saturated rings. The molecular weight excluding hydrogens is 356 g/mol. The van der Waals surface area contributed by atoms with Crippen LogP contribution in [0.2, 0.25) is 0 Å². The van der Waals surface area contributed by atoms with Gasteiger partial charge in [0.2, 0.25) is 5.91 Å². The third-order valence-corrected chi connectivity index (χ3v) is 5.53. The lowest BCUT2D eigenvalue weighted by molar-refractivity contribution is 0.0996. The minimum atomic E-state index is -3.60. The Labute approximate surface area is 152 Å². The Kier molecular flexibility index (Phi) is 5.63. The molecule has 2 aromatic rings. The SMILES string of the molecule is CN(C)S(=O)(=O)N(C)c1ccc(C(=O)Nc2cccc(C(N)=O)c2)cc1. The highest BCUT2D eigenvalue weighted by atomic mass is 32.2. The molecule has 0 aromatic heterocycles. The largest absolute Gasteiger partial charge is 0.366 e. The fourth-order valence-corrected chi connectivity index (χ4v) is 3.03. The topological polar surface area (TPSA) is 113 Å². The van der Waals surface area contributed by atoms with E-state index >= 15 is 0 Å². The van der Waals surface area contributed by atoms with Crippen molar-refractivity contribution < 1.29 is 18.0 Å². The maximum atomic E-state index is 12.3. The van der Waals surface area contributed by atoms with Crippen LogP contribution in [-0.2, 0) is 10.2 Å². The molecule has 0 heterocycles. The molecule has 0 spiro atoms. The van der Waals surface area contributed by atoms with Crippen LogP contribution in [0.4, 0.5) is 11.4 Å². The molecule has 2 rings (SSSR count). The zero-order valence-corrected chi connectivity index (χ0v) is 15.4. The van der Waals surface area contributed by atoms with Gasteiger partial charge in [0, 0.05) is 38.0 Å². The Balaban J connectivity index is 2.17. The van der Waals surface area contributed by atoms with E-state index in [1.807, 2.05) is 0 Å². The summed E-state index contributed by atoms with van der Waals surface area (Å²) < 4.78 is 26.4. The zero-order chi connectivity index (χ0) is 19.5. The number of nitrogens with two attached hydrogens (primary N) is 1. The van der Waals surface area contributed by atoms with E-state index in [0.29, 0.717) is 16.9 Å². The Bertz CT molecular complexity index is 924. The van der Waals surface area contributed by atoms with Gasteiger partial charge >= 0.3 is 10.2 Å². The van der Waals surface area contributed by atoms with Gasteiger partial charge in [0.1, 0.15) is 0 Å². The summed E-state index contributed by atoms with van der Waals surface area (Å²) in [6.45, 7) is 0. The lowest BCUT2D eigenvalue weighted by Crippen LogP contribution is -2.37. The van der Waals surface area contributed by atoms with E-state index in [4.69, 9.17) is 5.73 Å². The summed E-state index contributed by atoms with van der Waals surface area (Å²) in [6.07, 6.45) is 0. The van der Waals surface area contributed by atoms with Gasteiger partial charge in [-0.05, 0) is 42.5 Å². The van der Waals surface area contributed by atoms with Crippen LogP contribution in [0.15, 0.2) is 48.5 Å². The van der Waals surface area contributed by atoms with Gasteiger partial charge < -0.3 is 11.1 Å². The molecular formula is C17H20N4O4S. The molecule has 0 saturated carbocycles. The molecule has 0 radical (unpaired) electrons. The van der Waals surface area contributed by atoms with Crippen LogP contribution >= 0.6 is 0 Å². The molecule has 0 saturated heterocycles. The molecule has 0 aliphatic heterocycles. The normalized spacial score (nSPS) is 11.2. The quantitative estimate of drug-likeness (QED) is 0.791. The highest BCUT2D eigenvalue weighted by molar-refractivity contribution is 7.90. The van der Waals surface area contributed by atoms with Gasteiger partial charge in [-0.1, -0.05) is 6.07 Å². The average Bonchev–Trinajstić information content (AvgIpc) is 2.61. The standard InChI is InChI=1S/C17H20N4O4S/c1-20(2)26(24,25)21(3)15-9-7-12(8-10-15)17(23)19-14-6-4-5-13(11-14)16(18)22/h4-11H,1-3H3,(H2,18,22)(H,19,23). The van der Waals surface area contributed by atoms with Gasteiger partial charge in [0.15, 0.2) is 0 Å². The molecule has 26 heavy (non-hydrogen) atoms. The van der Waals surface area contributed by atoms with Crippen molar-refractivity contribution >= 4 is 33.4 Å². The number of anilines is 2. The fraction of sp³-hybridized carbons (Fsp3) is 0.176. The first-order valence-electron chi connectivity index (χ1n) is 7.60. The minimum absolute atomic E-state index is 0.286. The van der Waals surface area contributed by atoms with E-state index in [9.17, 15) is 18.0 Å². The van der Waals surface area contributed by atoms with Gasteiger partial charge in [-0.25, -0.2) is 0 Å². The Morgan fingerprint density at radius 2 is 1.58 bits per heavy atom. The Hall–Kier alpha value is -2.91. The van der Waals surface area contributed by atoms with Crippen molar-refractivity contribution in [1.29, 1.82) is 0 Å². The van der Waals surface area contributed by atoms with Crippen molar-refractivity contribution in [3.63, 3.8) is 0 Å². The number of benzene rings is 2. The summed E-state index contributed by atoms with van der Waals surface area (Å²) in [5.41, 5.74) is 6.70. The predicted octanol–water partition coefficient (Wildman–Crippen LogP) is 1.28. The number of primary amides is 1. The van der Waals surface area contributed by atoms with Crippen molar-refractivity contribution in [3.05, 3.63) is 59.7 Å². The highest BCUT2D eigenvalue weighted by Crippen LogP contribution is 2.19. The first-order chi connectivity index (χ1) is 12.1. The molecule has 8 nitrogen and oxygen atoms in total. The molecule has 0 aliphatic rings. The van der Waals surface area contributed by atoms with Crippen molar-refractivity contribution in [2.75, 3.05) is 30.8 Å². The number of hydrogen-bond donors (Lipinski definition) is 2. The number of rotatable bonds is 6. The highest BCUT2D eigenvalue weighted by Gasteiger charge is 2.21. The van der Waals surface area contributed by atoms with Gasteiger partial charge in [0.25, 0.3) is 5.91 Å². The van der Waals surface area contributed by atoms with E-state index in [1.165, 1.54) is 51.5 Å². The van der Waals surface area contributed by atoms with E-state index in [-0.39, 0.29) is 5.56 Å². The Morgan fingerprint density at radius 1 is 0.962 bits per heavy atom. The molecule has 0 unspecified atom stereocenters. The van der Waals surface area contributed by atoms with Crippen LogP contribution in [0.3, 0.4) is 0 Å². The third kappa shape index (κ3) is 4.19. The van der Waals surface area contributed by atoms with Crippen molar-refractivity contribution in [2.24, 2.45) is 5.73 Å². The summed E-state index contributed by atoms with van der Waals surface area (Å²) >= 11 is 0. The number of nitrogens with zero attached hydrogens (tertiary/aromatic N) is 2. The smallest absolute Gasteiger partial charge is 0.303 e. The van der Waals surface area contributed by atoms with Crippen LogP contribution in [0.25, 0.3) is 0 Å². The molecule has 0 aliphatic carbocycles. The van der Waals surface area contributed by atoms with Crippen molar-refractivity contribution in [3.8, 4) is 0 Å². The van der Waals surface area contributed by atoms with Gasteiger partial charge in [-0.3, -0.25) is 13.9 Å². The first-order valence-corrected chi connectivity index (χ1v) is 9.00. The van der Waals surface area contributed by atoms with E-state index in [0.717, 1.165) is 8.61 Å². The lowest BCUT2D eigenvalue weighted by atomic mass is 10.1. The second-order valence-electron chi connectivity index (χ2n) is 5.70. The maximum Gasteiger partial charge on any atom is 0.303 e. The zero-order valence-electron chi connectivity index (χ0n) is 14.6. The van der Waals surface area contributed by atoms with Crippen LogP contribution in [0.5, 0.6) is 0 Å². The summed E-state index contributed by atoms with van der Waals surface area (Å²) in [5.74, 6) is -0.980. The molecule has 2 amide bonds. The number of carbonyl (C=O) groups is 2. The third-order valence-electron chi connectivity index (χ3n) is 3.71. The summed E-state index contributed by atoms with van der Waals surface area (Å²) in [5, 5.41) is 2.66. The molecule has 0 bridgehead atoms. The molecule has 138 valence electrons.